The van der Waals surface area contributed by atoms with E-state index in [9.17, 15) is 0 Å². The van der Waals surface area contributed by atoms with Gasteiger partial charge in [0.25, 0.3) is 0 Å². The molecule has 2 heterocycles. The minimum absolute atomic E-state index is 0.714. The maximum Gasteiger partial charge on any atom is 0.131 e. The van der Waals surface area contributed by atoms with Crippen LogP contribution in [0.25, 0.3) is 10.9 Å². The molecule has 0 fully saturated rings. The van der Waals surface area contributed by atoms with Crippen molar-refractivity contribution in [3.8, 4) is 0 Å². The van der Waals surface area contributed by atoms with Gasteiger partial charge in [-0.05, 0) is 37.4 Å². The highest BCUT2D eigenvalue weighted by Crippen LogP contribution is 2.23. The molecule has 3 aromatic rings. The minimum atomic E-state index is 0.714. The van der Waals surface area contributed by atoms with Crippen LogP contribution in [0.15, 0.2) is 30.5 Å². The molecule has 4 heteroatoms. The predicted octanol–water partition coefficient (Wildman–Crippen LogP) is 3.69. The van der Waals surface area contributed by atoms with Crippen molar-refractivity contribution in [2.24, 2.45) is 7.05 Å². The number of hydrogen-bond acceptors (Lipinski definition) is 1. The van der Waals surface area contributed by atoms with Gasteiger partial charge in [-0.2, -0.15) is 5.10 Å². The van der Waals surface area contributed by atoms with Gasteiger partial charge in [-0.3, -0.25) is 4.68 Å². The monoisotopic (exact) mass is 273 g/mol. The summed E-state index contributed by atoms with van der Waals surface area (Å²) in [6, 6.07) is 8.63. The highest BCUT2D eigenvalue weighted by atomic mass is 35.5. The van der Waals surface area contributed by atoms with Gasteiger partial charge >= 0.3 is 0 Å². The van der Waals surface area contributed by atoms with Crippen LogP contribution in [0.3, 0.4) is 0 Å². The molecule has 2 aromatic heterocycles. The summed E-state index contributed by atoms with van der Waals surface area (Å²) in [6.45, 7) is 4.86. The van der Waals surface area contributed by atoms with Gasteiger partial charge in [-0.15, -0.1) is 0 Å². The van der Waals surface area contributed by atoms with Crippen molar-refractivity contribution in [2.45, 2.75) is 20.4 Å². The zero-order valence-electron chi connectivity index (χ0n) is 11.3. The molecule has 0 spiro atoms. The largest absolute Gasteiger partial charge is 0.343 e. The number of rotatable bonds is 2. The minimum Gasteiger partial charge on any atom is -0.343 e. The van der Waals surface area contributed by atoms with Crippen LogP contribution in [0.1, 0.15) is 16.8 Å². The molecule has 3 nitrogen and oxygen atoms in total. The van der Waals surface area contributed by atoms with Gasteiger partial charge in [0.1, 0.15) is 5.15 Å². The Labute approximate surface area is 117 Å². The lowest BCUT2D eigenvalue weighted by molar-refractivity contribution is 0.757. The highest BCUT2D eigenvalue weighted by molar-refractivity contribution is 6.30. The van der Waals surface area contributed by atoms with Gasteiger partial charge in [-0.25, -0.2) is 0 Å². The molecule has 0 aliphatic heterocycles. The number of halogens is 1. The summed E-state index contributed by atoms with van der Waals surface area (Å²) in [7, 11) is 1.87. The first-order valence-electron chi connectivity index (χ1n) is 6.30. The average molecular weight is 274 g/mol. The number of hydrogen-bond donors (Lipinski definition) is 0. The van der Waals surface area contributed by atoms with Gasteiger partial charge < -0.3 is 4.57 Å². The van der Waals surface area contributed by atoms with E-state index in [1.165, 1.54) is 16.5 Å². The smallest absolute Gasteiger partial charge is 0.131 e. The van der Waals surface area contributed by atoms with E-state index in [2.05, 4.69) is 47.1 Å². The van der Waals surface area contributed by atoms with Crippen LogP contribution < -0.4 is 0 Å². The molecule has 1 aromatic carbocycles. The standard InChI is InChI=1S/C15H16ClN3/c1-10-4-5-14-12(8-10)6-7-19(14)9-13-11(2)17-18(3)15(13)16/h4-8H,9H2,1-3H3. The second kappa shape index (κ2) is 4.42. The lowest BCUT2D eigenvalue weighted by Crippen LogP contribution is -1.99. The van der Waals surface area contributed by atoms with E-state index in [0.717, 1.165) is 17.8 Å². The van der Waals surface area contributed by atoms with E-state index < -0.39 is 0 Å². The van der Waals surface area contributed by atoms with Crippen molar-refractivity contribution in [1.82, 2.24) is 14.3 Å². The van der Waals surface area contributed by atoms with Gasteiger partial charge in [-0.1, -0.05) is 23.2 Å². The predicted molar refractivity (Wildman–Crippen MR) is 78.7 cm³/mol. The Morgan fingerprint density at radius 3 is 2.68 bits per heavy atom. The fraction of sp³-hybridized carbons (Fsp3) is 0.267. The highest BCUT2D eigenvalue weighted by Gasteiger charge is 2.12. The van der Waals surface area contributed by atoms with Crippen molar-refractivity contribution in [2.75, 3.05) is 0 Å². The average Bonchev–Trinajstić information content (AvgIpc) is 2.86. The molecule has 0 saturated carbocycles. The zero-order valence-corrected chi connectivity index (χ0v) is 12.1. The maximum atomic E-state index is 6.29. The Hall–Kier alpha value is -1.74. The molecule has 3 rings (SSSR count). The van der Waals surface area contributed by atoms with Gasteiger partial charge in [0.2, 0.25) is 0 Å². The van der Waals surface area contributed by atoms with Crippen molar-refractivity contribution in [1.29, 1.82) is 0 Å². The second-order valence-corrected chi connectivity index (χ2v) is 5.34. The van der Waals surface area contributed by atoms with Crippen LogP contribution >= 0.6 is 11.6 Å². The van der Waals surface area contributed by atoms with E-state index in [4.69, 9.17) is 11.6 Å². The first-order chi connectivity index (χ1) is 9.06. The van der Waals surface area contributed by atoms with Crippen LogP contribution in [-0.2, 0) is 13.6 Å². The van der Waals surface area contributed by atoms with Crippen LogP contribution in [0, 0.1) is 13.8 Å². The number of benzene rings is 1. The Kier molecular flexibility index (Phi) is 2.86. The molecule has 0 saturated heterocycles. The molecule has 0 N–H and O–H groups in total. The van der Waals surface area contributed by atoms with Gasteiger partial charge in [0.05, 0.1) is 12.2 Å². The Bertz CT molecular complexity index is 752. The normalized spacial score (nSPS) is 11.4. The van der Waals surface area contributed by atoms with E-state index >= 15 is 0 Å². The molecular weight excluding hydrogens is 258 g/mol. The van der Waals surface area contributed by atoms with Crippen LogP contribution in [0.5, 0.6) is 0 Å². The van der Waals surface area contributed by atoms with Crippen molar-refractivity contribution < 1.29 is 0 Å². The fourth-order valence-corrected chi connectivity index (χ4v) is 2.72. The number of aromatic nitrogens is 3. The summed E-state index contributed by atoms with van der Waals surface area (Å²) < 4.78 is 3.94. The summed E-state index contributed by atoms with van der Waals surface area (Å²) in [6.07, 6.45) is 2.10. The molecular formula is C15H16ClN3. The Balaban J connectivity index is 2.06. The maximum absolute atomic E-state index is 6.29. The van der Waals surface area contributed by atoms with E-state index in [0.29, 0.717) is 5.15 Å². The summed E-state index contributed by atoms with van der Waals surface area (Å²) in [5.41, 5.74) is 4.58. The van der Waals surface area contributed by atoms with E-state index in [-0.39, 0.29) is 0 Å². The first kappa shape index (κ1) is 12.3. The Morgan fingerprint density at radius 1 is 1.21 bits per heavy atom. The third-order valence-corrected chi connectivity index (χ3v) is 4.00. The van der Waals surface area contributed by atoms with Crippen molar-refractivity contribution in [3.63, 3.8) is 0 Å². The molecule has 19 heavy (non-hydrogen) atoms. The van der Waals surface area contributed by atoms with Gasteiger partial charge in [0.15, 0.2) is 0 Å². The molecule has 0 aliphatic rings. The molecule has 0 atom stereocenters. The molecule has 0 amide bonds. The van der Waals surface area contributed by atoms with Crippen molar-refractivity contribution >= 4 is 22.5 Å². The van der Waals surface area contributed by atoms with Crippen LogP contribution in [0.2, 0.25) is 5.15 Å². The molecule has 0 radical (unpaired) electrons. The lowest BCUT2D eigenvalue weighted by atomic mass is 10.2. The third kappa shape index (κ3) is 2.04. The summed E-state index contributed by atoms with van der Waals surface area (Å²) >= 11 is 6.29. The fourth-order valence-electron chi connectivity index (χ4n) is 2.48. The lowest BCUT2D eigenvalue weighted by Gasteiger charge is -2.06. The van der Waals surface area contributed by atoms with Crippen LogP contribution in [-0.4, -0.2) is 14.3 Å². The first-order valence-corrected chi connectivity index (χ1v) is 6.67. The SMILES string of the molecule is Cc1ccc2c(ccn2Cc2c(C)nn(C)c2Cl)c1. The van der Waals surface area contributed by atoms with E-state index in [1.807, 2.05) is 14.0 Å². The van der Waals surface area contributed by atoms with Gasteiger partial charge in [0, 0.05) is 24.3 Å². The quantitative estimate of drug-likeness (QED) is 0.698. The van der Waals surface area contributed by atoms with Crippen molar-refractivity contribution in [3.05, 3.63) is 52.4 Å². The number of aryl methyl sites for hydroxylation is 3. The van der Waals surface area contributed by atoms with Crippen LogP contribution in [0.4, 0.5) is 0 Å². The Morgan fingerprint density at radius 2 is 2.00 bits per heavy atom. The van der Waals surface area contributed by atoms with E-state index in [1.54, 1.807) is 4.68 Å². The molecule has 0 unspecified atom stereocenters. The third-order valence-electron chi connectivity index (χ3n) is 3.52. The topological polar surface area (TPSA) is 22.8 Å². The zero-order chi connectivity index (χ0) is 13.6. The number of nitrogens with zero attached hydrogens (tertiary/aromatic N) is 3. The number of fused-ring (bicyclic) bond motifs is 1. The summed E-state index contributed by atoms with van der Waals surface area (Å²) in [5.74, 6) is 0. The molecule has 0 aliphatic carbocycles. The molecule has 98 valence electrons. The molecule has 0 bridgehead atoms. The second-order valence-electron chi connectivity index (χ2n) is 4.98. The summed E-state index contributed by atoms with van der Waals surface area (Å²) in [4.78, 5) is 0. The summed E-state index contributed by atoms with van der Waals surface area (Å²) in [5, 5.41) is 6.33.